The third-order valence-electron chi connectivity index (χ3n) is 4.66. The van der Waals surface area contributed by atoms with E-state index in [-0.39, 0.29) is 18.4 Å². The van der Waals surface area contributed by atoms with E-state index in [1.807, 2.05) is 4.90 Å². The van der Waals surface area contributed by atoms with E-state index in [4.69, 9.17) is 16.3 Å². The van der Waals surface area contributed by atoms with Gasteiger partial charge in [-0.3, -0.25) is 9.59 Å². The summed E-state index contributed by atoms with van der Waals surface area (Å²) < 4.78 is 5.43. The van der Waals surface area contributed by atoms with E-state index in [2.05, 4.69) is 12.2 Å². The highest BCUT2D eigenvalue weighted by atomic mass is 35.5. The van der Waals surface area contributed by atoms with Gasteiger partial charge in [0.2, 0.25) is 0 Å². The fraction of sp³-hybridized carbons (Fsp3) is 0.333. The highest BCUT2D eigenvalue weighted by Gasteiger charge is 2.21. The van der Waals surface area contributed by atoms with Crippen molar-refractivity contribution in [2.45, 2.75) is 19.8 Å². The highest BCUT2D eigenvalue weighted by Crippen LogP contribution is 2.23. The first-order valence-corrected chi connectivity index (χ1v) is 9.47. The summed E-state index contributed by atoms with van der Waals surface area (Å²) in [6.07, 6.45) is 2.06. The minimum absolute atomic E-state index is 0.00492. The fourth-order valence-electron chi connectivity index (χ4n) is 3.03. The van der Waals surface area contributed by atoms with Crippen molar-refractivity contribution in [3.05, 3.63) is 59.1 Å². The molecule has 0 unspecified atom stereocenters. The molecule has 1 N–H and O–H groups in total. The molecule has 0 bridgehead atoms. The zero-order valence-corrected chi connectivity index (χ0v) is 16.0. The molecule has 5 nitrogen and oxygen atoms in total. The molecule has 27 heavy (non-hydrogen) atoms. The van der Waals surface area contributed by atoms with E-state index in [0.29, 0.717) is 27.9 Å². The Morgan fingerprint density at radius 2 is 1.89 bits per heavy atom. The van der Waals surface area contributed by atoms with Gasteiger partial charge in [-0.1, -0.05) is 36.7 Å². The zero-order chi connectivity index (χ0) is 19.2. The molecule has 0 atom stereocenters. The summed E-state index contributed by atoms with van der Waals surface area (Å²) >= 11 is 6.01. The largest absolute Gasteiger partial charge is 0.482 e. The Morgan fingerprint density at radius 1 is 1.15 bits per heavy atom. The number of para-hydroxylation sites is 1. The van der Waals surface area contributed by atoms with Crippen molar-refractivity contribution in [1.29, 1.82) is 0 Å². The van der Waals surface area contributed by atoms with Crippen LogP contribution in [0.15, 0.2) is 48.5 Å². The Morgan fingerprint density at radius 3 is 2.63 bits per heavy atom. The van der Waals surface area contributed by atoms with Crippen LogP contribution in [0.4, 0.5) is 5.69 Å². The van der Waals surface area contributed by atoms with Gasteiger partial charge in [0.15, 0.2) is 6.61 Å². The lowest BCUT2D eigenvalue weighted by molar-refractivity contribution is -0.118. The van der Waals surface area contributed by atoms with Crippen LogP contribution in [-0.4, -0.2) is 36.4 Å². The number of rotatable bonds is 5. The van der Waals surface area contributed by atoms with Crippen molar-refractivity contribution < 1.29 is 14.3 Å². The average Bonchev–Trinajstić information content (AvgIpc) is 2.67. The molecule has 0 aromatic heterocycles. The highest BCUT2D eigenvalue weighted by molar-refractivity contribution is 6.32. The normalized spacial score (nSPS) is 14.7. The number of anilines is 1. The number of carbonyl (C=O) groups excluding carboxylic acids is 2. The second-order valence-corrected chi connectivity index (χ2v) is 7.23. The van der Waals surface area contributed by atoms with Crippen LogP contribution in [0.5, 0.6) is 5.75 Å². The van der Waals surface area contributed by atoms with Crippen LogP contribution in [0.1, 0.15) is 30.1 Å². The van der Waals surface area contributed by atoms with Gasteiger partial charge >= 0.3 is 0 Å². The van der Waals surface area contributed by atoms with Gasteiger partial charge in [-0.25, -0.2) is 0 Å². The monoisotopic (exact) mass is 386 g/mol. The van der Waals surface area contributed by atoms with Crippen LogP contribution < -0.4 is 10.1 Å². The maximum Gasteiger partial charge on any atom is 0.262 e. The van der Waals surface area contributed by atoms with Gasteiger partial charge in [-0.05, 0) is 49.1 Å². The number of amides is 2. The summed E-state index contributed by atoms with van der Waals surface area (Å²) in [7, 11) is 0. The predicted octanol–water partition coefficient (Wildman–Crippen LogP) is 4.23. The van der Waals surface area contributed by atoms with Crippen molar-refractivity contribution in [1.82, 2.24) is 4.90 Å². The van der Waals surface area contributed by atoms with Crippen LogP contribution in [0.2, 0.25) is 5.02 Å². The molecule has 2 aromatic carbocycles. The number of carbonyl (C=O) groups is 2. The first-order valence-electron chi connectivity index (χ1n) is 9.09. The summed E-state index contributed by atoms with van der Waals surface area (Å²) in [6.45, 7) is 3.61. The van der Waals surface area contributed by atoms with E-state index >= 15 is 0 Å². The number of ether oxygens (including phenoxy) is 1. The molecular weight excluding hydrogens is 364 g/mol. The van der Waals surface area contributed by atoms with Crippen molar-refractivity contribution >= 4 is 29.1 Å². The molecule has 3 rings (SSSR count). The molecule has 1 fully saturated rings. The Hall–Kier alpha value is -2.53. The van der Waals surface area contributed by atoms with Crippen LogP contribution >= 0.6 is 11.6 Å². The summed E-state index contributed by atoms with van der Waals surface area (Å²) in [5.74, 6) is 0.812. The first kappa shape index (κ1) is 19.2. The van der Waals surface area contributed by atoms with Crippen molar-refractivity contribution in [2.24, 2.45) is 5.92 Å². The number of nitrogens with one attached hydrogen (secondary N) is 1. The number of piperidine rings is 1. The van der Waals surface area contributed by atoms with Gasteiger partial charge in [-0.15, -0.1) is 0 Å². The lowest BCUT2D eigenvalue weighted by Crippen LogP contribution is -2.37. The van der Waals surface area contributed by atoms with E-state index < -0.39 is 0 Å². The van der Waals surface area contributed by atoms with Gasteiger partial charge in [0.25, 0.3) is 11.8 Å². The Kier molecular flexibility index (Phi) is 6.35. The molecule has 1 aliphatic rings. The number of nitrogens with zero attached hydrogens (tertiary/aromatic N) is 1. The summed E-state index contributed by atoms with van der Waals surface area (Å²) in [5.41, 5.74) is 1.15. The number of halogens is 1. The molecule has 142 valence electrons. The molecule has 2 amide bonds. The fourth-order valence-corrected chi connectivity index (χ4v) is 3.22. The topological polar surface area (TPSA) is 58.6 Å². The van der Waals surface area contributed by atoms with Crippen LogP contribution in [-0.2, 0) is 4.79 Å². The van der Waals surface area contributed by atoms with Crippen molar-refractivity contribution in [3.8, 4) is 5.75 Å². The van der Waals surface area contributed by atoms with Crippen LogP contribution in [0, 0.1) is 5.92 Å². The maximum absolute atomic E-state index is 12.7. The lowest BCUT2D eigenvalue weighted by atomic mass is 9.98. The number of hydrogen-bond donors (Lipinski definition) is 1. The summed E-state index contributed by atoms with van der Waals surface area (Å²) in [4.78, 5) is 26.7. The van der Waals surface area contributed by atoms with Crippen LogP contribution in [0.3, 0.4) is 0 Å². The SMILES string of the molecule is CC1CCN(C(=O)c2cccc(NC(=O)COc3ccccc3Cl)c2)CC1. The van der Waals surface area contributed by atoms with E-state index in [0.717, 1.165) is 25.9 Å². The second-order valence-electron chi connectivity index (χ2n) is 6.82. The Bertz CT molecular complexity index is 817. The van der Waals surface area contributed by atoms with E-state index in [1.54, 1.807) is 48.5 Å². The minimum atomic E-state index is -0.314. The molecule has 0 radical (unpaired) electrons. The van der Waals surface area contributed by atoms with E-state index in [9.17, 15) is 9.59 Å². The molecular formula is C21H23ClN2O3. The predicted molar refractivity (Wildman–Crippen MR) is 106 cm³/mol. The molecule has 1 heterocycles. The van der Waals surface area contributed by atoms with E-state index in [1.165, 1.54) is 0 Å². The van der Waals surface area contributed by atoms with Crippen LogP contribution in [0.25, 0.3) is 0 Å². The second kappa shape index (κ2) is 8.91. The number of likely N-dealkylation sites (tertiary alicyclic amines) is 1. The molecule has 2 aromatic rings. The van der Waals surface area contributed by atoms with Gasteiger partial charge < -0.3 is 15.0 Å². The minimum Gasteiger partial charge on any atom is -0.482 e. The molecule has 1 saturated heterocycles. The van der Waals surface area contributed by atoms with Gasteiger partial charge in [0, 0.05) is 24.3 Å². The first-order chi connectivity index (χ1) is 13.0. The van der Waals surface area contributed by atoms with Gasteiger partial charge in [0.05, 0.1) is 5.02 Å². The smallest absolute Gasteiger partial charge is 0.262 e. The number of hydrogen-bond acceptors (Lipinski definition) is 3. The third kappa shape index (κ3) is 5.23. The zero-order valence-electron chi connectivity index (χ0n) is 15.3. The standard InChI is InChI=1S/C21H23ClN2O3/c1-15-9-11-24(12-10-15)21(26)16-5-4-6-17(13-16)23-20(25)14-27-19-8-3-2-7-18(19)22/h2-8,13,15H,9-12,14H2,1H3,(H,23,25). The molecule has 1 aliphatic heterocycles. The third-order valence-corrected chi connectivity index (χ3v) is 4.97. The van der Waals surface area contributed by atoms with Gasteiger partial charge in [0.1, 0.15) is 5.75 Å². The summed E-state index contributed by atoms with van der Waals surface area (Å²) in [6, 6.07) is 14.0. The average molecular weight is 387 g/mol. The lowest BCUT2D eigenvalue weighted by Gasteiger charge is -2.30. The van der Waals surface area contributed by atoms with Crippen molar-refractivity contribution in [2.75, 3.05) is 25.0 Å². The molecule has 6 heteroatoms. The summed E-state index contributed by atoms with van der Waals surface area (Å²) in [5, 5.41) is 3.21. The number of benzene rings is 2. The van der Waals surface area contributed by atoms with Crippen molar-refractivity contribution in [3.63, 3.8) is 0 Å². The molecule has 0 spiro atoms. The Labute approximate surface area is 164 Å². The Balaban J connectivity index is 1.57. The quantitative estimate of drug-likeness (QED) is 0.836. The molecule has 0 aliphatic carbocycles. The molecule has 0 saturated carbocycles. The van der Waals surface area contributed by atoms with Gasteiger partial charge in [-0.2, -0.15) is 0 Å². The maximum atomic E-state index is 12.7.